The molecule has 12 heavy (non-hydrogen) atoms. The maximum absolute atomic E-state index is 10.5. The molecule has 0 bridgehead atoms. The quantitative estimate of drug-likeness (QED) is 0.415. The van der Waals surface area contributed by atoms with Crippen molar-refractivity contribution in [1.82, 2.24) is 15.2 Å². The second-order valence-electron chi connectivity index (χ2n) is 2.74. The van der Waals surface area contributed by atoms with Gasteiger partial charge in [-0.25, -0.2) is 10.1 Å². The molecule has 1 heterocycles. The zero-order valence-electron chi connectivity index (χ0n) is 7.02. The summed E-state index contributed by atoms with van der Waals surface area (Å²) in [5.41, 5.74) is 0.470. The van der Waals surface area contributed by atoms with Gasteiger partial charge >= 0.3 is 0 Å². The molecule has 1 aliphatic rings. The number of nitrogens with zero attached hydrogens (tertiary/aromatic N) is 4. The SMILES string of the molecule is CN1CC(=N)CN(C)N1[N+](=O)[O-]. The van der Waals surface area contributed by atoms with Gasteiger partial charge in [-0.1, -0.05) is 0 Å². The van der Waals surface area contributed by atoms with Crippen molar-refractivity contribution in [3.8, 4) is 0 Å². The van der Waals surface area contributed by atoms with Gasteiger partial charge in [0.15, 0.2) is 5.03 Å². The molecule has 1 aliphatic heterocycles. The summed E-state index contributed by atoms with van der Waals surface area (Å²) in [7, 11) is 3.15. The Morgan fingerprint density at radius 1 is 1.42 bits per heavy atom. The van der Waals surface area contributed by atoms with E-state index in [1.54, 1.807) is 14.1 Å². The van der Waals surface area contributed by atoms with Crippen LogP contribution in [0, 0.1) is 15.5 Å². The lowest BCUT2D eigenvalue weighted by Crippen LogP contribution is -2.60. The van der Waals surface area contributed by atoms with Crippen LogP contribution in [-0.2, 0) is 0 Å². The van der Waals surface area contributed by atoms with Crippen molar-refractivity contribution >= 4 is 5.71 Å². The molecule has 0 amide bonds. The van der Waals surface area contributed by atoms with Crippen LogP contribution in [0.3, 0.4) is 0 Å². The number of rotatable bonds is 1. The smallest absolute Gasteiger partial charge is 0.193 e. The van der Waals surface area contributed by atoms with Gasteiger partial charge < -0.3 is 5.41 Å². The zero-order chi connectivity index (χ0) is 9.30. The summed E-state index contributed by atoms with van der Waals surface area (Å²) in [6.45, 7) is 0.622. The topological polar surface area (TPSA) is 76.7 Å². The van der Waals surface area contributed by atoms with E-state index in [2.05, 4.69) is 0 Å². The normalized spacial score (nSPS) is 21.5. The fourth-order valence-electron chi connectivity index (χ4n) is 1.24. The molecular formula is C5H11N5O2. The second-order valence-corrected chi connectivity index (χ2v) is 2.74. The van der Waals surface area contributed by atoms with Gasteiger partial charge in [0.05, 0.1) is 13.1 Å². The number of hydrogen-bond acceptors (Lipinski definition) is 5. The predicted octanol–water partition coefficient (Wildman–Crippen LogP) is -0.793. The van der Waals surface area contributed by atoms with Crippen LogP contribution in [0.1, 0.15) is 0 Å². The highest BCUT2D eigenvalue weighted by atomic mass is 16.7. The van der Waals surface area contributed by atoms with Gasteiger partial charge in [0, 0.05) is 25.0 Å². The molecule has 0 atom stereocenters. The predicted molar refractivity (Wildman–Crippen MR) is 41.8 cm³/mol. The van der Waals surface area contributed by atoms with Crippen LogP contribution in [0.4, 0.5) is 0 Å². The minimum absolute atomic E-state index is 0.311. The Labute approximate surface area is 69.7 Å². The lowest BCUT2D eigenvalue weighted by molar-refractivity contribution is -0.741. The van der Waals surface area contributed by atoms with E-state index < -0.39 is 5.03 Å². The summed E-state index contributed by atoms with van der Waals surface area (Å²) in [6.07, 6.45) is 0. The lowest BCUT2D eigenvalue weighted by atomic mass is 10.3. The van der Waals surface area contributed by atoms with E-state index in [-0.39, 0.29) is 0 Å². The van der Waals surface area contributed by atoms with Crippen LogP contribution in [0.5, 0.6) is 0 Å². The van der Waals surface area contributed by atoms with E-state index in [0.29, 0.717) is 18.8 Å². The summed E-state index contributed by atoms with van der Waals surface area (Å²) in [6, 6.07) is 0. The summed E-state index contributed by atoms with van der Waals surface area (Å²) in [5, 5.41) is 21.0. The van der Waals surface area contributed by atoms with Crippen molar-refractivity contribution in [3.63, 3.8) is 0 Å². The maximum Gasteiger partial charge on any atom is 0.193 e. The first kappa shape index (κ1) is 8.88. The molecule has 0 spiro atoms. The third-order valence-corrected chi connectivity index (χ3v) is 1.60. The first-order chi connectivity index (χ1) is 5.52. The standard InChI is InChI=1S/C5H11N5O2/c1-7-3-5(6)4-8(2)9(7)10(11)12/h6H,3-4H2,1-2H3. The molecule has 68 valence electrons. The zero-order valence-corrected chi connectivity index (χ0v) is 7.02. The molecule has 1 fully saturated rings. The highest BCUT2D eigenvalue weighted by Crippen LogP contribution is 2.05. The third-order valence-electron chi connectivity index (χ3n) is 1.60. The minimum Gasteiger partial charge on any atom is -0.307 e. The summed E-state index contributed by atoms with van der Waals surface area (Å²) in [5.74, 6) is 0. The van der Waals surface area contributed by atoms with Crippen molar-refractivity contribution in [1.29, 1.82) is 5.41 Å². The number of nitro groups is 1. The molecule has 7 heteroatoms. The van der Waals surface area contributed by atoms with Crippen molar-refractivity contribution in [2.75, 3.05) is 27.2 Å². The van der Waals surface area contributed by atoms with Crippen LogP contribution in [0.2, 0.25) is 0 Å². The molecule has 0 saturated carbocycles. The molecule has 0 radical (unpaired) electrons. The van der Waals surface area contributed by atoms with E-state index in [4.69, 9.17) is 5.41 Å². The Morgan fingerprint density at radius 2 is 1.83 bits per heavy atom. The largest absolute Gasteiger partial charge is 0.307 e. The van der Waals surface area contributed by atoms with Crippen LogP contribution in [0.25, 0.3) is 0 Å². The summed E-state index contributed by atoms with van der Waals surface area (Å²) < 4.78 is 0. The molecule has 1 rings (SSSR count). The Morgan fingerprint density at radius 3 is 2.17 bits per heavy atom. The Balaban J connectivity index is 2.73. The van der Waals surface area contributed by atoms with Gasteiger partial charge in [-0.15, -0.1) is 10.0 Å². The van der Waals surface area contributed by atoms with E-state index in [9.17, 15) is 10.1 Å². The fourth-order valence-corrected chi connectivity index (χ4v) is 1.24. The molecular weight excluding hydrogens is 162 g/mol. The number of nitrogens with one attached hydrogen (secondary N) is 1. The average Bonchev–Trinajstić information content (AvgIpc) is 1.82. The van der Waals surface area contributed by atoms with Crippen LogP contribution in [0.15, 0.2) is 0 Å². The van der Waals surface area contributed by atoms with Gasteiger partial charge in [0.25, 0.3) is 0 Å². The van der Waals surface area contributed by atoms with E-state index >= 15 is 0 Å². The van der Waals surface area contributed by atoms with Crippen LogP contribution < -0.4 is 0 Å². The average molecular weight is 173 g/mol. The van der Waals surface area contributed by atoms with E-state index in [1.165, 1.54) is 10.0 Å². The molecule has 1 saturated heterocycles. The first-order valence-electron chi connectivity index (χ1n) is 3.45. The number of hydrazine groups is 3. The Hall–Kier alpha value is -1.21. The Kier molecular flexibility index (Phi) is 2.25. The monoisotopic (exact) mass is 173 g/mol. The lowest BCUT2D eigenvalue weighted by Gasteiger charge is -2.34. The molecule has 1 N–H and O–H groups in total. The van der Waals surface area contributed by atoms with Crippen molar-refractivity contribution in [2.45, 2.75) is 0 Å². The van der Waals surface area contributed by atoms with Gasteiger partial charge in [-0.05, 0) is 0 Å². The Bertz CT molecular complexity index is 204. The molecule has 7 nitrogen and oxygen atoms in total. The number of hydrogen-bond donors (Lipinski definition) is 1. The summed E-state index contributed by atoms with van der Waals surface area (Å²) in [4.78, 5) is 10.5. The van der Waals surface area contributed by atoms with Crippen molar-refractivity contribution in [3.05, 3.63) is 10.1 Å². The molecule has 0 unspecified atom stereocenters. The third kappa shape index (κ3) is 1.51. The second kappa shape index (κ2) is 3.03. The fraction of sp³-hybridized carbons (Fsp3) is 0.800. The van der Waals surface area contributed by atoms with E-state index in [0.717, 1.165) is 5.23 Å². The molecule has 0 aromatic carbocycles. The highest BCUT2D eigenvalue weighted by molar-refractivity contribution is 5.85. The van der Waals surface area contributed by atoms with Gasteiger partial charge in [-0.2, -0.15) is 0 Å². The summed E-state index contributed by atoms with van der Waals surface area (Å²) >= 11 is 0. The van der Waals surface area contributed by atoms with Crippen LogP contribution >= 0.6 is 0 Å². The van der Waals surface area contributed by atoms with Crippen molar-refractivity contribution < 1.29 is 5.03 Å². The van der Waals surface area contributed by atoms with Gasteiger partial charge in [0.2, 0.25) is 0 Å². The minimum atomic E-state index is -0.508. The van der Waals surface area contributed by atoms with Gasteiger partial charge in [0.1, 0.15) is 0 Å². The van der Waals surface area contributed by atoms with Crippen LogP contribution in [-0.4, -0.2) is 53.2 Å². The van der Waals surface area contributed by atoms with Crippen molar-refractivity contribution in [2.24, 2.45) is 0 Å². The molecule has 0 aromatic rings. The maximum atomic E-state index is 10.5. The molecule has 0 aliphatic carbocycles. The van der Waals surface area contributed by atoms with E-state index in [1.807, 2.05) is 0 Å². The van der Waals surface area contributed by atoms with Gasteiger partial charge in [-0.3, -0.25) is 0 Å². The first-order valence-corrected chi connectivity index (χ1v) is 3.45. The molecule has 0 aromatic heterocycles. The highest BCUT2D eigenvalue weighted by Gasteiger charge is 2.31.